The smallest absolute Gasteiger partial charge is 0.376 e. The summed E-state index contributed by atoms with van der Waals surface area (Å²) in [4.78, 5) is 10.9. The highest BCUT2D eigenvalue weighted by molar-refractivity contribution is 7.90. The Morgan fingerprint density at radius 3 is 2.32 bits per heavy atom. The number of aromatic carboxylic acids is 1. The van der Waals surface area contributed by atoms with Gasteiger partial charge in [0.25, 0.3) is 5.76 Å². The number of nitrogens with two attached hydrogens (primary N) is 1. The van der Waals surface area contributed by atoms with Crippen molar-refractivity contribution in [3.8, 4) is 11.3 Å². The van der Waals surface area contributed by atoms with E-state index in [2.05, 4.69) is 9.68 Å². The Morgan fingerprint density at radius 1 is 1.32 bits per heavy atom. The molecule has 0 aliphatic rings. The molecule has 0 radical (unpaired) electrons. The number of anilines is 1. The number of rotatable bonds is 3. The van der Waals surface area contributed by atoms with Crippen LogP contribution in [0, 0.1) is 0 Å². The molecule has 0 bridgehead atoms. The Hall–Kier alpha value is -2.35. The minimum Gasteiger partial charge on any atom is -0.475 e. The largest absolute Gasteiger partial charge is 0.475 e. The van der Waals surface area contributed by atoms with Crippen LogP contribution in [0.2, 0.25) is 0 Å². The molecule has 0 spiro atoms. The number of nitrogens with zero attached hydrogens (tertiary/aromatic N) is 1. The fraction of sp³-hybridized carbons (Fsp3) is 0.0909. The maximum atomic E-state index is 11.3. The van der Waals surface area contributed by atoms with E-state index in [0.717, 1.165) is 6.26 Å². The number of hydrogen-bond donors (Lipinski definition) is 2. The van der Waals surface area contributed by atoms with E-state index in [0.29, 0.717) is 5.56 Å². The summed E-state index contributed by atoms with van der Waals surface area (Å²) >= 11 is 0. The molecule has 2 aromatic rings. The zero-order valence-corrected chi connectivity index (χ0v) is 10.6. The van der Waals surface area contributed by atoms with Crippen molar-refractivity contribution in [1.82, 2.24) is 5.16 Å². The Kier molecular flexibility index (Phi) is 3.03. The normalized spacial score (nSPS) is 11.4. The number of hydrogen-bond acceptors (Lipinski definition) is 6. The van der Waals surface area contributed by atoms with Crippen LogP contribution in [-0.4, -0.2) is 30.9 Å². The van der Waals surface area contributed by atoms with Crippen molar-refractivity contribution in [2.24, 2.45) is 0 Å². The molecule has 19 heavy (non-hydrogen) atoms. The lowest BCUT2D eigenvalue weighted by Crippen LogP contribution is -1.99. The van der Waals surface area contributed by atoms with Crippen LogP contribution in [0.4, 0.5) is 5.69 Å². The van der Waals surface area contributed by atoms with Crippen molar-refractivity contribution in [3.05, 3.63) is 30.0 Å². The average molecular weight is 282 g/mol. The van der Waals surface area contributed by atoms with Crippen LogP contribution in [0.5, 0.6) is 0 Å². The van der Waals surface area contributed by atoms with Crippen molar-refractivity contribution in [2.75, 3.05) is 12.0 Å². The second kappa shape index (κ2) is 4.39. The van der Waals surface area contributed by atoms with Gasteiger partial charge in [0.15, 0.2) is 9.84 Å². The molecular formula is C11H10N2O5S. The van der Waals surface area contributed by atoms with Gasteiger partial charge >= 0.3 is 5.97 Å². The number of carboxylic acids is 1. The fourth-order valence-electron chi connectivity index (χ4n) is 1.52. The number of benzene rings is 1. The maximum absolute atomic E-state index is 11.3. The molecular weight excluding hydrogens is 272 g/mol. The van der Waals surface area contributed by atoms with Crippen LogP contribution in [0.1, 0.15) is 10.6 Å². The molecule has 0 amide bonds. The van der Waals surface area contributed by atoms with E-state index in [1.165, 1.54) is 24.3 Å². The molecule has 0 unspecified atom stereocenters. The standard InChI is InChI=1S/C11H10N2O5S/c1-19(16,17)7-4-2-6(3-5-7)9-8(12)10(11(14)15)18-13-9/h2-5H,12H2,1H3,(H,14,15). The first-order valence-corrected chi connectivity index (χ1v) is 6.99. The van der Waals surface area contributed by atoms with E-state index < -0.39 is 21.6 Å². The number of carbonyl (C=O) groups is 1. The van der Waals surface area contributed by atoms with Gasteiger partial charge < -0.3 is 15.4 Å². The van der Waals surface area contributed by atoms with Crippen molar-refractivity contribution in [3.63, 3.8) is 0 Å². The quantitative estimate of drug-likeness (QED) is 0.861. The van der Waals surface area contributed by atoms with E-state index >= 15 is 0 Å². The highest BCUT2D eigenvalue weighted by Gasteiger charge is 2.20. The third-order valence-corrected chi connectivity index (χ3v) is 3.61. The van der Waals surface area contributed by atoms with Gasteiger partial charge in [-0.1, -0.05) is 17.3 Å². The monoisotopic (exact) mass is 282 g/mol. The van der Waals surface area contributed by atoms with Gasteiger partial charge in [0.1, 0.15) is 11.4 Å². The van der Waals surface area contributed by atoms with Crippen LogP contribution in [0.15, 0.2) is 33.7 Å². The third-order valence-electron chi connectivity index (χ3n) is 2.48. The number of carboxylic acid groups (broad SMARTS) is 1. The zero-order chi connectivity index (χ0) is 14.2. The summed E-state index contributed by atoms with van der Waals surface area (Å²) in [7, 11) is -3.29. The summed E-state index contributed by atoms with van der Waals surface area (Å²) in [5.41, 5.74) is 6.14. The summed E-state index contributed by atoms with van der Waals surface area (Å²) in [5.74, 6) is -1.76. The SMILES string of the molecule is CS(=O)(=O)c1ccc(-c2noc(C(=O)O)c2N)cc1. The van der Waals surface area contributed by atoms with Gasteiger partial charge in [0.05, 0.1) is 4.90 Å². The van der Waals surface area contributed by atoms with Gasteiger partial charge in [-0.2, -0.15) is 0 Å². The van der Waals surface area contributed by atoms with Crippen LogP contribution in [0.25, 0.3) is 11.3 Å². The van der Waals surface area contributed by atoms with Crippen LogP contribution in [0.3, 0.4) is 0 Å². The van der Waals surface area contributed by atoms with Crippen LogP contribution >= 0.6 is 0 Å². The summed E-state index contributed by atoms with van der Waals surface area (Å²) in [6, 6.07) is 5.74. The second-order valence-electron chi connectivity index (χ2n) is 3.88. The van der Waals surface area contributed by atoms with Gasteiger partial charge in [-0.3, -0.25) is 0 Å². The third kappa shape index (κ3) is 2.43. The average Bonchev–Trinajstić information content (AvgIpc) is 2.70. The molecule has 100 valence electrons. The van der Waals surface area contributed by atoms with E-state index in [4.69, 9.17) is 10.8 Å². The van der Waals surface area contributed by atoms with E-state index in [1.54, 1.807) is 0 Å². The number of aromatic nitrogens is 1. The van der Waals surface area contributed by atoms with Crippen LogP contribution < -0.4 is 5.73 Å². The molecule has 0 saturated carbocycles. The summed E-state index contributed by atoms with van der Waals surface area (Å²) in [6.45, 7) is 0. The number of nitrogen functional groups attached to an aromatic ring is 1. The molecule has 1 aromatic heterocycles. The second-order valence-corrected chi connectivity index (χ2v) is 5.89. The first-order valence-electron chi connectivity index (χ1n) is 5.09. The van der Waals surface area contributed by atoms with Gasteiger partial charge in [0.2, 0.25) is 0 Å². The Labute approximate surface area is 108 Å². The van der Waals surface area contributed by atoms with Crippen LogP contribution in [-0.2, 0) is 9.84 Å². The lowest BCUT2D eigenvalue weighted by molar-refractivity contribution is 0.0653. The summed E-state index contributed by atoms with van der Waals surface area (Å²) < 4.78 is 27.2. The first-order chi connectivity index (χ1) is 8.80. The zero-order valence-electron chi connectivity index (χ0n) is 9.82. The molecule has 0 saturated heterocycles. The lowest BCUT2D eigenvalue weighted by Gasteiger charge is -2.00. The molecule has 0 atom stereocenters. The molecule has 0 aliphatic heterocycles. The van der Waals surface area contributed by atoms with Crippen molar-refractivity contribution >= 4 is 21.5 Å². The molecule has 8 heteroatoms. The van der Waals surface area contributed by atoms with Gasteiger partial charge in [-0.05, 0) is 12.1 Å². The molecule has 1 aromatic carbocycles. The molecule has 2 rings (SSSR count). The van der Waals surface area contributed by atoms with Gasteiger partial charge in [-0.25, -0.2) is 13.2 Å². The highest BCUT2D eigenvalue weighted by atomic mass is 32.2. The predicted octanol–water partition coefficient (Wildman–Crippen LogP) is 1.03. The molecule has 0 fully saturated rings. The Morgan fingerprint density at radius 2 is 1.89 bits per heavy atom. The minimum atomic E-state index is -3.29. The fourth-order valence-corrected chi connectivity index (χ4v) is 2.15. The predicted molar refractivity (Wildman–Crippen MR) is 66.4 cm³/mol. The molecule has 7 nitrogen and oxygen atoms in total. The van der Waals surface area contributed by atoms with Gasteiger partial charge in [0, 0.05) is 11.8 Å². The van der Waals surface area contributed by atoms with E-state index in [9.17, 15) is 13.2 Å². The summed E-state index contributed by atoms with van der Waals surface area (Å²) in [6.07, 6.45) is 1.09. The van der Waals surface area contributed by atoms with Gasteiger partial charge in [-0.15, -0.1) is 0 Å². The van der Waals surface area contributed by atoms with E-state index in [1.807, 2.05) is 0 Å². The van der Waals surface area contributed by atoms with Crippen molar-refractivity contribution < 1.29 is 22.8 Å². The first kappa shape index (κ1) is 13.1. The highest BCUT2D eigenvalue weighted by Crippen LogP contribution is 2.28. The molecule has 1 heterocycles. The lowest BCUT2D eigenvalue weighted by atomic mass is 10.1. The minimum absolute atomic E-state index is 0.0976. The van der Waals surface area contributed by atoms with Crippen molar-refractivity contribution in [2.45, 2.75) is 4.90 Å². The Balaban J connectivity index is 2.46. The summed E-state index contributed by atoms with van der Waals surface area (Å²) in [5, 5.41) is 12.4. The van der Waals surface area contributed by atoms with E-state index in [-0.39, 0.29) is 16.3 Å². The van der Waals surface area contributed by atoms with Crippen molar-refractivity contribution in [1.29, 1.82) is 0 Å². The Bertz CT molecular complexity index is 731. The maximum Gasteiger partial charge on any atom is 0.376 e. The topological polar surface area (TPSA) is 123 Å². The number of sulfone groups is 1. The molecule has 3 N–H and O–H groups in total. The molecule has 0 aliphatic carbocycles.